The van der Waals surface area contributed by atoms with Gasteiger partial charge in [0.05, 0.1) is 41.1 Å². The van der Waals surface area contributed by atoms with Crippen LogP contribution >= 0.6 is 11.6 Å². The number of sulfone groups is 1. The van der Waals surface area contributed by atoms with E-state index in [0.717, 1.165) is 6.26 Å². The maximum atomic E-state index is 13.1. The van der Waals surface area contributed by atoms with Crippen LogP contribution in [-0.4, -0.2) is 25.5 Å². The lowest BCUT2D eigenvalue weighted by atomic mass is 10.2. The van der Waals surface area contributed by atoms with Crippen LogP contribution in [0.15, 0.2) is 68.7 Å². The number of rotatable bonds is 6. The Balaban J connectivity index is 1.96. The summed E-state index contributed by atoms with van der Waals surface area (Å²) in [6.45, 7) is 0.373. The fraction of sp³-hybridized carbons (Fsp3) is 0.167. The summed E-state index contributed by atoms with van der Waals surface area (Å²) in [5, 5.41) is 0.172. The molecule has 2 heterocycles. The zero-order valence-corrected chi connectivity index (χ0v) is 15.5. The highest BCUT2D eigenvalue weighted by molar-refractivity contribution is 7.90. The second kappa shape index (κ2) is 7.39. The van der Waals surface area contributed by atoms with Gasteiger partial charge in [0.15, 0.2) is 9.84 Å². The predicted octanol–water partition coefficient (Wildman–Crippen LogP) is 3.77. The van der Waals surface area contributed by atoms with Gasteiger partial charge in [0.2, 0.25) is 0 Å². The number of amides is 1. The molecule has 1 amide bonds. The molecule has 0 N–H and O–H groups in total. The third kappa shape index (κ3) is 4.17. The van der Waals surface area contributed by atoms with Crippen molar-refractivity contribution in [2.45, 2.75) is 18.0 Å². The summed E-state index contributed by atoms with van der Waals surface area (Å²) in [5.74, 6) is 0.744. The molecule has 0 aliphatic heterocycles. The number of nitrogens with zero attached hydrogens (tertiary/aromatic N) is 1. The summed E-state index contributed by atoms with van der Waals surface area (Å²) in [5.41, 5.74) is 0.104. The van der Waals surface area contributed by atoms with Crippen molar-refractivity contribution in [2.75, 3.05) is 6.26 Å². The van der Waals surface area contributed by atoms with Gasteiger partial charge in [-0.1, -0.05) is 11.6 Å². The number of benzene rings is 1. The number of hydrogen-bond acceptors (Lipinski definition) is 5. The highest BCUT2D eigenvalue weighted by atomic mass is 35.5. The average molecular weight is 394 g/mol. The fourth-order valence-electron chi connectivity index (χ4n) is 2.45. The second-order valence-corrected chi connectivity index (χ2v) is 8.16. The van der Waals surface area contributed by atoms with Crippen molar-refractivity contribution in [1.29, 1.82) is 0 Å². The smallest absolute Gasteiger partial charge is 0.256 e. The van der Waals surface area contributed by atoms with E-state index in [4.69, 9.17) is 20.4 Å². The first kappa shape index (κ1) is 18.3. The maximum Gasteiger partial charge on any atom is 0.256 e. The number of carbonyl (C=O) groups is 1. The lowest BCUT2D eigenvalue weighted by molar-refractivity contribution is 0.0705. The van der Waals surface area contributed by atoms with Crippen molar-refractivity contribution < 1.29 is 22.0 Å². The van der Waals surface area contributed by atoms with Gasteiger partial charge in [-0.05, 0) is 42.5 Å². The first-order chi connectivity index (χ1) is 12.3. The minimum Gasteiger partial charge on any atom is -0.467 e. The topological polar surface area (TPSA) is 80.7 Å². The Labute approximate surface area is 155 Å². The van der Waals surface area contributed by atoms with Crippen LogP contribution in [0.1, 0.15) is 21.9 Å². The molecule has 8 heteroatoms. The molecule has 6 nitrogen and oxygen atoms in total. The van der Waals surface area contributed by atoms with Gasteiger partial charge in [-0.2, -0.15) is 0 Å². The summed E-state index contributed by atoms with van der Waals surface area (Å²) in [4.78, 5) is 14.6. The summed E-state index contributed by atoms with van der Waals surface area (Å²) in [7, 11) is -3.47. The molecule has 0 saturated heterocycles. The van der Waals surface area contributed by atoms with Crippen LogP contribution in [0.5, 0.6) is 0 Å². The van der Waals surface area contributed by atoms with Crippen LogP contribution in [0.3, 0.4) is 0 Å². The lowest BCUT2D eigenvalue weighted by Gasteiger charge is -2.21. The number of furan rings is 2. The Kier molecular flexibility index (Phi) is 5.20. The van der Waals surface area contributed by atoms with Crippen LogP contribution in [0.2, 0.25) is 5.02 Å². The van der Waals surface area contributed by atoms with Crippen molar-refractivity contribution in [3.05, 3.63) is 77.1 Å². The molecule has 26 heavy (non-hydrogen) atoms. The Morgan fingerprint density at radius 2 is 1.62 bits per heavy atom. The van der Waals surface area contributed by atoms with Gasteiger partial charge in [-0.25, -0.2) is 8.42 Å². The zero-order chi connectivity index (χ0) is 18.7. The molecule has 0 unspecified atom stereocenters. The molecule has 0 radical (unpaired) electrons. The van der Waals surface area contributed by atoms with Crippen LogP contribution in [0, 0.1) is 0 Å². The van der Waals surface area contributed by atoms with Crippen molar-refractivity contribution >= 4 is 27.3 Å². The molecular weight excluding hydrogens is 378 g/mol. The molecule has 3 aromatic rings. The summed E-state index contributed by atoms with van der Waals surface area (Å²) in [6, 6.07) is 11.0. The minimum atomic E-state index is -3.47. The standard InChI is InChI=1S/C18H16ClNO5S/c1-26(22,23)15-6-7-17(19)16(10-15)18(21)20(11-13-4-2-8-24-13)12-14-5-3-9-25-14/h2-10H,11-12H2,1H3. The molecule has 3 rings (SSSR count). The molecule has 0 aliphatic carbocycles. The maximum absolute atomic E-state index is 13.1. The van der Waals surface area contributed by atoms with Gasteiger partial charge in [-0.3, -0.25) is 4.79 Å². The zero-order valence-electron chi connectivity index (χ0n) is 13.9. The van der Waals surface area contributed by atoms with E-state index in [1.807, 2.05) is 0 Å². The molecule has 2 aromatic heterocycles. The van der Waals surface area contributed by atoms with Crippen LogP contribution in [0.25, 0.3) is 0 Å². The Hall–Kier alpha value is -2.51. The first-order valence-corrected chi connectivity index (χ1v) is 9.95. The van der Waals surface area contributed by atoms with Gasteiger partial charge in [0.25, 0.3) is 5.91 Å². The van der Waals surface area contributed by atoms with Crippen LogP contribution in [-0.2, 0) is 22.9 Å². The summed E-state index contributed by atoms with van der Waals surface area (Å²) < 4.78 is 34.3. The van der Waals surface area contributed by atoms with E-state index in [2.05, 4.69) is 0 Å². The molecule has 0 saturated carbocycles. The molecule has 0 spiro atoms. The molecule has 0 fully saturated rings. The average Bonchev–Trinajstić information content (AvgIpc) is 3.27. The highest BCUT2D eigenvalue weighted by Crippen LogP contribution is 2.24. The van der Waals surface area contributed by atoms with E-state index in [-0.39, 0.29) is 28.6 Å². The molecule has 0 bridgehead atoms. The first-order valence-electron chi connectivity index (χ1n) is 7.68. The van der Waals surface area contributed by atoms with Gasteiger partial charge in [0, 0.05) is 6.26 Å². The summed E-state index contributed by atoms with van der Waals surface area (Å²) >= 11 is 6.16. The van der Waals surface area contributed by atoms with Crippen molar-refractivity contribution in [2.24, 2.45) is 0 Å². The quantitative estimate of drug-likeness (QED) is 0.636. The SMILES string of the molecule is CS(=O)(=O)c1ccc(Cl)c(C(=O)N(Cc2ccco2)Cc2ccco2)c1. The molecule has 136 valence electrons. The van der Waals surface area contributed by atoms with Gasteiger partial charge >= 0.3 is 0 Å². The lowest BCUT2D eigenvalue weighted by Crippen LogP contribution is -2.30. The predicted molar refractivity (Wildman–Crippen MR) is 95.6 cm³/mol. The highest BCUT2D eigenvalue weighted by Gasteiger charge is 2.23. The largest absolute Gasteiger partial charge is 0.467 e. The van der Waals surface area contributed by atoms with Crippen molar-refractivity contribution in [3.8, 4) is 0 Å². The van der Waals surface area contributed by atoms with E-state index in [1.54, 1.807) is 24.3 Å². The summed E-state index contributed by atoms with van der Waals surface area (Å²) in [6.07, 6.45) is 4.11. The van der Waals surface area contributed by atoms with E-state index in [1.165, 1.54) is 35.6 Å². The second-order valence-electron chi connectivity index (χ2n) is 5.73. The number of halogens is 1. The third-order valence-electron chi connectivity index (χ3n) is 3.74. The van der Waals surface area contributed by atoms with Crippen LogP contribution < -0.4 is 0 Å². The molecule has 0 atom stereocenters. The van der Waals surface area contributed by atoms with Crippen molar-refractivity contribution in [3.63, 3.8) is 0 Å². The fourth-order valence-corrected chi connectivity index (χ4v) is 3.30. The van der Waals surface area contributed by atoms with E-state index in [0.29, 0.717) is 11.5 Å². The normalized spacial score (nSPS) is 11.5. The molecular formula is C18H16ClNO5S. The van der Waals surface area contributed by atoms with Gasteiger partial charge < -0.3 is 13.7 Å². The molecule has 0 aliphatic rings. The van der Waals surface area contributed by atoms with E-state index < -0.39 is 15.7 Å². The minimum absolute atomic E-state index is 0.0289. The Bertz CT molecular complexity index is 958. The number of carbonyl (C=O) groups excluding carboxylic acids is 1. The van der Waals surface area contributed by atoms with Crippen LogP contribution in [0.4, 0.5) is 0 Å². The van der Waals surface area contributed by atoms with E-state index >= 15 is 0 Å². The molecule has 1 aromatic carbocycles. The Morgan fingerprint density at radius 1 is 1.04 bits per heavy atom. The van der Waals surface area contributed by atoms with Crippen molar-refractivity contribution in [1.82, 2.24) is 4.90 Å². The monoisotopic (exact) mass is 393 g/mol. The van der Waals surface area contributed by atoms with Gasteiger partial charge in [0.1, 0.15) is 11.5 Å². The van der Waals surface area contributed by atoms with Gasteiger partial charge in [-0.15, -0.1) is 0 Å². The number of hydrogen-bond donors (Lipinski definition) is 0. The third-order valence-corrected chi connectivity index (χ3v) is 5.18. The Morgan fingerprint density at radius 3 is 2.08 bits per heavy atom. The van der Waals surface area contributed by atoms with E-state index in [9.17, 15) is 13.2 Å².